The van der Waals surface area contributed by atoms with Gasteiger partial charge in [-0.3, -0.25) is 0 Å². The number of likely N-dealkylation sites (tertiary alicyclic amines) is 1. The molecule has 1 aromatic carbocycles. The Balaban J connectivity index is 1.78. The Morgan fingerprint density at radius 2 is 2.10 bits per heavy atom. The molecule has 1 aliphatic heterocycles. The van der Waals surface area contributed by atoms with Crippen LogP contribution < -0.4 is 5.32 Å². The molecule has 21 heavy (non-hydrogen) atoms. The van der Waals surface area contributed by atoms with Crippen LogP contribution in [0, 0.1) is 5.82 Å². The fourth-order valence-corrected chi connectivity index (χ4v) is 2.67. The van der Waals surface area contributed by atoms with Crippen molar-refractivity contribution in [2.75, 3.05) is 27.2 Å². The van der Waals surface area contributed by atoms with Gasteiger partial charge in [0.25, 0.3) is 0 Å². The van der Waals surface area contributed by atoms with Crippen LogP contribution in [-0.4, -0.2) is 49.1 Å². The van der Waals surface area contributed by atoms with E-state index in [4.69, 9.17) is 11.6 Å². The van der Waals surface area contributed by atoms with Gasteiger partial charge >= 0.3 is 6.03 Å². The van der Waals surface area contributed by atoms with Crippen LogP contribution in [0.15, 0.2) is 18.2 Å². The molecule has 0 atom stereocenters. The summed E-state index contributed by atoms with van der Waals surface area (Å²) in [4.78, 5) is 15.3. The Bertz CT molecular complexity index is 502. The molecular formula is C15H21ClFN3O. The number of nitrogens with zero attached hydrogens (tertiary/aromatic N) is 2. The molecule has 1 aliphatic rings. The third-order valence-electron chi connectivity index (χ3n) is 3.73. The predicted octanol–water partition coefficient (Wildman–Crippen LogP) is 2.71. The van der Waals surface area contributed by atoms with Crippen LogP contribution in [0.4, 0.5) is 9.18 Å². The Labute approximate surface area is 129 Å². The fraction of sp³-hybridized carbons (Fsp3) is 0.533. The highest BCUT2D eigenvalue weighted by Gasteiger charge is 2.23. The lowest BCUT2D eigenvalue weighted by atomic mass is 10.0. The molecule has 1 N–H and O–H groups in total. The number of amides is 2. The average molecular weight is 314 g/mol. The van der Waals surface area contributed by atoms with E-state index >= 15 is 0 Å². The summed E-state index contributed by atoms with van der Waals surface area (Å²) in [6.45, 7) is 2.18. The van der Waals surface area contributed by atoms with Crippen LogP contribution in [0.2, 0.25) is 5.02 Å². The van der Waals surface area contributed by atoms with Gasteiger partial charge < -0.3 is 15.1 Å². The number of piperidine rings is 1. The Kier molecular flexibility index (Phi) is 5.42. The summed E-state index contributed by atoms with van der Waals surface area (Å²) in [6, 6.07) is 5.21. The maximum Gasteiger partial charge on any atom is 0.319 e. The Morgan fingerprint density at radius 1 is 1.43 bits per heavy atom. The molecular weight excluding hydrogens is 293 g/mol. The highest BCUT2D eigenvalue weighted by atomic mass is 35.5. The van der Waals surface area contributed by atoms with Gasteiger partial charge in [-0.2, -0.15) is 0 Å². The zero-order chi connectivity index (χ0) is 15.4. The second kappa shape index (κ2) is 7.09. The van der Waals surface area contributed by atoms with Gasteiger partial charge in [0.05, 0.1) is 5.02 Å². The summed E-state index contributed by atoms with van der Waals surface area (Å²) >= 11 is 5.77. The molecule has 1 heterocycles. The smallest absolute Gasteiger partial charge is 0.319 e. The Morgan fingerprint density at radius 3 is 2.67 bits per heavy atom. The second-order valence-corrected chi connectivity index (χ2v) is 5.97. The number of halogens is 2. The number of carbonyl (C=O) groups is 1. The van der Waals surface area contributed by atoms with Crippen LogP contribution >= 0.6 is 11.6 Å². The first-order valence-corrected chi connectivity index (χ1v) is 7.48. The van der Waals surface area contributed by atoms with Crippen LogP contribution in [-0.2, 0) is 6.54 Å². The van der Waals surface area contributed by atoms with E-state index in [2.05, 4.69) is 5.32 Å². The molecule has 0 saturated carbocycles. The molecule has 1 aromatic rings. The van der Waals surface area contributed by atoms with E-state index in [-0.39, 0.29) is 11.1 Å². The zero-order valence-electron chi connectivity index (χ0n) is 12.4. The minimum absolute atomic E-state index is 0.0683. The first-order chi connectivity index (χ1) is 9.97. The molecule has 0 spiro atoms. The van der Waals surface area contributed by atoms with Crippen LogP contribution in [0.25, 0.3) is 0 Å². The molecule has 116 valence electrons. The lowest BCUT2D eigenvalue weighted by Crippen LogP contribution is -2.47. The highest BCUT2D eigenvalue weighted by Crippen LogP contribution is 2.17. The standard InChI is InChI=1S/C15H21ClFN3O/c1-19(2)15(21)20-7-5-12(6-8-20)18-10-11-3-4-14(17)13(16)9-11/h3-4,9,12,18H,5-8,10H2,1-2H3. The van der Waals surface area contributed by atoms with Gasteiger partial charge in [-0.15, -0.1) is 0 Å². The number of hydrogen-bond donors (Lipinski definition) is 1. The van der Waals surface area contributed by atoms with Gasteiger partial charge in [0.1, 0.15) is 5.82 Å². The molecule has 0 unspecified atom stereocenters. The molecule has 0 aromatic heterocycles. The van der Waals surface area contributed by atoms with Crippen molar-refractivity contribution in [3.8, 4) is 0 Å². The molecule has 0 radical (unpaired) electrons. The minimum atomic E-state index is -0.393. The summed E-state index contributed by atoms with van der Waals surface area (Å²) in [5.41, 5.74) is 0.966. The van der Waals surface area contributed by atoms with Gasteiger partial charge in [0.15, 0.2) is 0 Å². The number of benzene rings is 1. The molecule has 4 nitrogen and oxygen atoms in total. The van der Waals surface area contributed by atoms with Crippen molar-refractivity contribution in [2.24, 2.45) is 0 Å². The number of urea groups is 1. The van der Waals surface area contributed by atoms with Crippen LogP contribution in [0.5, 0.6) is 0 Å². The molecule has 2 amide bonds. The SMILES string of the molecule is CN(C)C(=O)N1CCC(NCc2ccc(F)c(Cl)c2)CC1. The molecule has 2 rings (SSSR count). The van der Waals surface area contributed by atoms with Gasteiger partial charge in [-0.05, 0) is 30.5 Å². The lowest BCUT2D eigenvalue weighted by Gasteiger charge is -2.34. The summed E-state index contributed by atoms with van der Waals surface area (Å²) in [5, 5.41) is 3.59. The molecule has 6 heteroatoms. The summed E-state index contributed by atoms with van der Waals surface area (Å²) < 4.78 is 13.1. The summed E-state index contributed by atoms with van der Waals surface area (Å²) in [5.74, 6) is -0.393. The summed E-state index contributed by atoms with van der Waals surface area (Å²) in [7, 11) is 3.54. The third-order valence-corrected chi connectivity index (χ3v) is 4.02. The van der Waals surface area contributed by atoms with E-state index < -0.39 is 5.82 Å². The van der Waals surface area contributed by atoms with Crippen molar-refractivity contribution < 1.29 is 9.18 Å². The maximum absolute atomic E-state index is 13.1. The van der Waals surface area contributed by atoms with E-state index in [9.17, 15) is 9.18 Å². The van der Waals surface area contributed by atoms with Gasteiger partial charge in [-0.25, -0.2) is 9.18 Å². The van der Waals surface area contributed by atoms with Crippen LogP contribution in [0.1, 0.15) is 18.4 Å². The topological polar surface area (TPSA) is 35.6 Å². The lowest BCUT2D eigenvalue weighted by molar-refractivity contribution is 0.152. The van der Waals surface area contributed by atoms with E-state index in [0.717, 1.165) is 31.5 Å². The van der Waals surface area contributed by atoms with Gasteiger partial charge in [0, 0.05) is 39.8 Å². The van der Waals surface area contributed by atoms with Crippen LogP contribution in [0.3, 0.4) is 0 Å². The highest BCUT2D eigenvalue weighted by molar-refractivity contribution is 6.30. The van der Waals surface area contributed by atoms with Crippen molar-refractivity contribution >= 4 is 17.6 Å². The first-order valence-electron chi connectivity index (χ1n) is 7.11. The van der Waals surface area contributed by atoms with E-state index in [0.29, 0.717) is 12.6 Å². The van der Waals surface area contributed by atoms with E-state index in [1.807, 2.05) is 4.90 Å². The predicted molar refractivity (Wildman–Crippen MR) is 81.9 cm³/mol. The molecule has 1 saturated heterocycles. The number of hydrogen-bond acceptors (Lipinski definition) is 2. The normalized spacial score (nSPS) is 16.1. The number of carbonyl (C=O) groups excluding carboxylic acids is 1. The monoisotopic (exact) mass is 313 g/mol. The summed E-state index contributed by atoms with van der Waals surface area (Å²) in [6.07, 6.45) is 1.85. The van der Waals surface area contributed by atoms with Crippen molar-refractivity contribution in [1.82, 2.24) is 15.1 Å². The van der Waals surface area contributed by atoms with Gasteiger partial charge in [-0.1, -0.05) is 17.7 Å². The van der Waals surface area contributed by atoms with Crippen molar-refractivity contribution in [3.05, 3.63) is 34.6 Å². The quantitative estimate of drug-likeness (QED) is 0.931. The third kappa shape index (κ3) is 4.32. The zero-order valence-corrected chi connectivity index (χ0v) is 13.2. The van der Waals surface area contributed by atoms with Crippen molar-refractivity contribution in [2.45, 2.75) is 25.4 Å². The van der Waals surface area contributed by atoms with Crippen molar-refractivity contribution in [3.63, 3.8) is 0 Å². The first kappa shape index (κ1) is 16.0. The largest absolute Gasteiger partial charge is 0.331 e. The molecule has 0 bridgehead atoms. The Hall–Kier alpha value is -1.33. The van der Waals surface area contributed by atoms with Crippen molar-refractivity contribution in [1.29, 1.82) is 0 Å². The van der Waals surface area contributed by atoms with E-state index in [1.54, 1.807) is 31.1 Å². The van der Waals surface area contributed by atoms with E-state index in [1.165, 1.54) is 6.07 Å². The second-order valence-electron chi connectivity index (χ2n) is 5.57. The molecule has 1 fully saturated rings. The number of nitrogens with one attached hydrogen (secondary N) is 1. The van der Waals surface area contributed by atoms with Gasteiger partial charge in [0.2, 0.25) is 0 Å². The number of rotatable bonds is 3. The minimum Gasteiger partial charge on any atom is -0.331 e. The fourth-order valence-electron chi connectivity index (χ4n) is 2.47. The average Bonchev–Trinajstić information content (AvgIpc) is 2.48. The maximum atomic E-state index is 13.1. The molecule has 0 aliphatic carbocycles.